The molecule has 0 spiro atoms. The molecule has 0 saturated heterocycles. The molecule has 3 nitrogen and oxygen atoms in total. The van der Waals surface area contributed by atoms with Crippen molar-refractivity contribution in [1.82, 2.24) is 0 Å². The average Bonchev–Trinajstić information content (AvgIpc) is 2.29. The molecule has 0 amide bonds. The van der Waals surface area contributed by atoms with Gasteiger partial charge in [-0.15, -0.1) is 0 Å². The molecule has 0 bridgehead atoms. The molecule has 0 unspecified atom stereocenters. The fourth-order valence-corrected chi connectivity index (χ4v) is 2.78. The Balaban J connectivity index is 2.32. The Kier molecular flexibility index (Phi) is 4.28. The molecule has 0 heterocycles. The first kappa shape index (κ1) is 15.2. The molecule has 0 aliphatic heterocycles. The van der Waals surface area contributed by atoms with Crippen LogP contribution in [-0.2, 0) is 4.79 Å². The number of carboxylic acid groups (broad SMARTS) is 1. The molecule has 4 heteroatoms. The first-order valence-corrected chi connectivity index (χ1v) is 7.42. The number of rotatable bonds is 5. The van der Waals surface area contributed by atoms with Crippen molar-refractivity contribution >= 4 is 17.6 Å². The van der Waals surface area contributed by atoms with Crippen molar-refractivity contribution in [1.29, 1.82) is 0 Å². The number of carboxylic acids is 1. The second-order valence-electron chi connectivity index (χ2n) is 6.00. The SMILES string of the molecule is Cc1cc(OC2(CC(=O)O)CCC2)c(C(C)C)cc1Cl. The third kappa shape index (κ3) is 3.09. The minimum Gasteiger partial charge on any atom is -0.486 e. The van der Waals surface area contributed by atoms with Crippen LogP contribution in [0.3, 0.4) is 0 Å². The topological polar surface area (TPSA) is 46.5 Å². The Morgan fingerprint density at radius 2 is 2.10 bits per heavy atom. The maximum Gasteiger partial charge on any atom is 0.307 e. The van der Waals surface area contributed by atoms with E-state index in [9.17, 15) is 4.79 Å². The Labute approximate surface area is 124 Å². The van der Waals surface area contributed by atoms with Gasteiger partial charge in [0.1, 0.15) is 11.4 Å². The van der Waals surface area contributed by atoms with Gasteiger partial charge in [0, 0.05) is 5.02 Å². The van der Waals surface area contributed by atoms with Crippen molar-refractivity contribution in [2.24, 2.45) is 0 Å². The Morgan fingerprint density at radius 3 is 2.55 bits per heavy atom. The van der Waals surface area contributed by atoms with Gasteiger partial charge in [-0.05, 0) is 55.4 Å². The summed E-state index contributed by atoms with van der Waals surface area (Å²) >= 11 is 6.18. The zero-order valence-corrected chi connectivity index (χ0v) is 13.0. The largest absolute Gasteiger partial charge is 0.486 e. The van der Waals surface area contributed by atoms with Crippen molar-refractivity contribution in [2.75, 3.05) is 0 Å². The average molecular weight is 297 g/mol. The van der Waals surface area contributed by atoms with E-state index in [2.05, 4.69) is 13.8 Å². The van der Waals surface area contributed by atoms with Gasteiger partial charge in [0.2, 0.25) is 0 Å². The normalized spacial score (nSPS) is 16.9. The number of hydrogen-bond acceptors (Lipinski definition) is 2. The van der Waals surface area contributed by atoms with Gasteiger partial charge >= 0.3 is 5.97 Å². The highest BCUT2D eigenvalue weighted by Gasteiger charge is 2.42. The van der Waals surface area contributed by atoms with Crippen molar-refractivity contribution in [3.05, 3.63) is 28.3 Å². The number of ether oxygens (including phenoxy) is 1. The van der Waals surface area contributed by atoms with Crippen LogP contribution < -0.4 is 4.74 Å². The number of halogens is 1. The van der Waals surface area contributed by atoms with Gasteiger partial charge in [-0.2, -0.15) is 0 Å². The second-order valence-corrected chi connectivity index (χ2v) is 6.41. The molecular formula is C16H21ClO3. The molecule has 110 valence electrons. The summed E-state index contributed by atoms with van der Waals surface area (Å²) in [7, 11) is 0. The quantitative estimate of drug-likeness (QED) is 0.867. The Hall–Kier alpha value is -1.22. The fraction of sp³-hybridized carbons (Fsp3) is 0.562. The molecule has 20 heavy (non-hydrogen) atoms. The lowest BCUT2D eigenvalue weighted by Crippen LogP contribution is -2.45. The molecule has 1 aliphatic rings. The van der Waals surface area contributed by atoms with Crippen LogP contribution in [0.2, 0.25) is 5.02 Å². The van der Waals surface area contributed by atoms with Crippen LogP contribution in [-0.4, -0.2) is 16.7 Å². The second kappa shape index (κ2) is 5.65. The predicted molar refractivity (Wildman–Crippen MR) is 79.7 cm³/mol. The first-order valence-electron chi connectivity index (χ1n) is 7.04. The van der Waals surface area contributed by atoms with Crippen molar-refractivity contribution < 1.29 is 14.6 Å². The van der Waals surface area contributed by atoms with E-state index in [4.69, 9.17) is 21.4 Å². The van der Waals surface area contributed by atoms with Gasteiger partial charge in [-0.1, -0.05) is 25.4 Å². The zero-order chi connectivity index (χ0) is 14.9. The zero-order valence-electron chi connectivity index (χ0n) is 12.2. The molecule has 1 aliphatic carbocycles. The van der Waals surface area contributed by atoms with E-state index in [1.165, 1.54) is 0 Å². The summed E-state index contributed by atoms with van der Waals surface area (Å²) in [5, 5.41) is 9.79. The summed E-state index contributed by atoms with van der Waals surface area (Å²) < 4.78 is 6.14. The number of carbonyl (C=O) groups is 1. The summed E-state index contributed by atoms with van der Waals surface area (Å²) in [6.07, 6.45) is 2.69. The summed E-state index contributed by atoms with van der Waals surface area (Å²) in [5.41, 5.74) is 1.46. The van der Waals surface area contributed by atoms with E-state index in [0.29, 0.717) is 0 Å². The monoisotopic (exact) mass is 296 g/mol. The fourth-order valence-electron chi connectivity index (χ4n) is 2.60. The van der Waals surface area contributed by atoms with E-state index in [1.54, 1.807) is 0 Å². The van der Waals surface area contributed by atoms with E-state index < -0.39 is 11.6 Å². The lowest BCUT2D eigenvalue weighted by molar-refractivity contribution is -0.144. The minimum absolute atomic E-state index is 0.0617. The van der Waals surface area contributed by atoms with Gasteiger partial charge < -0.3 is 9.84 Å². The van der Waals surface area contributed by atoms with Gasteiger partial charge in [0.25, 0.3) is 0 Å². The predicted octanol–water partition coefficient (Wildman–Crippen LogP) is 4.55. The maximum absolute atomic E-state index is 11.0. The summed E-state index contributed by atoms with van der Waals surface area (Å²) in [4.78, 5) is 11.0. The highest BCUT2D eigenvalue weighted by molar-refractivity contribution is 6.31. The summed E-state index contributed by atoms with van der Waals surface area (Å²) in [6.45, 7) is 6.10. The minimum atomic E-state index is -0.804. The van der Waals surface area contributed by atoms with E-state index >= 15 is 0 Å². The first-order chi connectivity index (χ1) is 9.33. The Bertz CT molecular complexity index is 519. The van der Waals surface area contributed by atoms with Crippen molar-refractivity contribution in [2.45, 2.75) is 58.0 Å². The molecule has 1 fully saturated rings. The van der Waals surface area contributed by atoms with Crippen LogP contribution in [0.25, 0.3) is 0 Å². The van der Waals surface area contributed by atoms with Crippen LogP contribution in [0.5, 0.6) is 5.75 Å². The van der Waals surface area contributed by atoms with Crippen molar-refractivity contribution in [3.63, 3.8) is 0 Å². The number of benzene rings is 1. The lowest BCUT2D eigenvalue weighted by atomic mass is 9.77. The molecule has 2 rings (SSSR count). The third-order valence-corrected chi connectivity index (χ3v) is 4.38. The molecule has 1 aromatic carbocycles. The van der Waals surface area contributed by atoms with Gasteiger partial charge in [-0.3, -0.25) is 4.79 Å². The smallest absolute Gasteiger partial charge is 0.307 e. The molecule has 1 N–H and O–H groups in total. The van der Waals surface area contributed by atoms with Crippen LogP contribution in [0, 0.1) is 6.92 Å². The third-order valence-electron chi connectivity index (χ3n) is 3.98. The van der Waals surface area contributed by atoms with E-state index in [1.807, 2.05) is 19.1 Å². The van der Waals surface area contributed by atoms with Crippen LogP contribution >= 0.6 is 11.6 Å². The molecule has 0 radical (unpaired) electrons. The maximum atomic E-state index is 11.0. The standard InChI is InChI=1S/C16H21ClO3/c1-10(2)12-8-13(17)11(3)7-14(12)20-16(5-4-6-16)9-15(18)19/h7-8,10H,4-6,9H2,1-3H3,(H,18,19). The molecule has 1 aromatic rings. The van der Waals surface area contributed by atoms with E-state index in [-0.39, 0.29) is 12.3 Å². The lowest BCUT2D eigenvalue weighted by Gasteiger charge is -2.41. The van der Waals surface area contributed by atoms with Gasteiger partial charge in [0.15, 0.2) is 0 Å². The van der Waals surface area contributed by atoms with Gasteiger partial charge in [0.05, 0.1) is 6.42 Å². The summed E-state index contributed by atoms with van der Waals surface area (Å²) in [6, 6.07) is 3.86. The van der Waals surface area contributed by atoms with Crippen LogP contribution in [0.1, 0.15) is 56.6 Å². The van der Waals surface area contributed by atoms with Gasteiger partial charge in [-0.25, -0.2) is 0 Å². The highest BCUT2D eigenvalue weighted by Crippen LogP contribution is 2.42. The van der Waals surface area contributed by atoms with Crippen molar-refractivity contribution in [3.8, 4) is 5.75 Å². The summed E-state index contributed by atoms with van der Waals surface area (Å²) in [5.74, 6) is 0.259. The van der Waals surface area contributed by atoms with E-state index in [0.717, 1.165) is 41.2 Å². The number of aliphatic carboxylic acids is 1. The van der Waals surface area contributed by atoms with Crippen LogP contribution in [0.15, 0.2) is 12.1 Å². The molecular weight excluding hydrogens is 276 g/mol. The Morgan fingerprint density at radius 1 is 1.45 bits per heavy atom. The van der Waals surface area contributed by atoms with Crippen LogP contribution in [0.4, 0.5) is 0 Å². The number of aryl methyl sites for hydroxylation is 1. The number of hydrogen-bond donors (Lipinski definition) is 1. The highest BCUT2D eigenvalue weighted by atomic mass is 35.5. The molecule has 0 atom stereocenters. The molecule has 1 saturated carbocycles. The molecule has 0 aromatic heterocycles.